The van der Waals surface area contributed by atoms with Gasteiger partial charge in [0.1, 0.15) is 15.0 Å². The zero-order valence-electron chi connectivity index (χ0n) is 16.3. The standard InChI is InChI=1S/C19H17N3O6S3/c1-12-2-5-14(22(24)25)11-17(12)31(26,27)28-15-6-3-13(4-7-15)10-16-18(23)21(9-8-20)19(29)30-16/h2-7,10-11H,8-9,20H2,1H3/p+1/b16-10+. The molecule has 3 N–H and O–H groups in total. The van der Waals surface area contributed by atoms with Crippen molar-refractivity contribution in [2.45, 2.75) is 11.8 Å². The third kappa shape index (κ3) is 5.10. The number of thioether (sulfide) groups is 1. The number of thiocarbonyl (C=S) groups is 1. The van der Waals surface area contributed by atoms with Crippen LogP contribution in [0.2, 0.25) is 0 Å². The molecule has 12 heteroatoms. The SMILES string of the molecule is Cc1ccc([N+](=O)[O-])cc1S(=O)(=O)Oc1ccc(/C=C2/SC(=S)N(CC[NH3+])C2=O)cc1. The number of hydrogen-bond acceptors (Lipinski definition) is 8. The summed E-state index contributed by atoms with van der Waals surface area (Å²) >= 11 is 6.40. The Morgan fingerprint density at radius 3 is 2.55 bits per heavy atom. The molecule has 1 amide bonds. The van der Waals surface area contributed by atoms with Crippen LogP contribution in [0.25, 0.3) is 6.08 Å². The van der Waals surface area contributed by atoms with Crippen molar-refractivity contribution in [3.63, 3.8) is 0 Å². The fourth-order valence-electron chi connectivity index (χ4n) is 2.77. The average molecular weight is 481 g/mol. The first-order chi connectivity index (χ1) is 14.6. The van der Waals surface area contributed by atoms with Gasteiger partial charge in [-0.25, -0.2) is 0 Å². The minimum atomic E-state index is -4.27. The summed E-state index contributed by atoms with van der Waals surface area (Å²) in [5, 5.41) is 11.0. The van der Waals surface area contributed by atoms with E-state index < -0.39 is 15.0 Å². The van der Waals surface area contributed by atoms with Gasteiger partial charge >= 0.3 is 10.1 Å². The predicted molar refractivity (Wildman–Crippen MR) is 120 cm³/mol. The molecular weight excluding hydrogens is 462 g/mol. The molecule has 1 saturated heterocycles. The van der Waals surface area contributed by atoms with Crippen LogP contribution in [0.3, 0.4) is 0 Å². The fourth-order valence-corrected chi connectivity index (χ4v) is 5.26. The number of rotatable bonds is 7. The molecular formula is C19H18N3O6S3+. The van der Waals surface area contributed by atoms with Crippen molar-refractivity contribution in [2.24, 2.45) is 0 Å². The number of benzene rings is 2. The van der Waals surface area contributed by atoms with Crippen LogP contribution < -0.4 is 9.92 Å². The Morgan fingerprint density at radius 2 is 1.94 bits per heavy atom. The number of aryl methyl sites for hydroxylation is 1. The third-order valence-electron chi connectivity index (χ3n) is 4.29. The van der Waals surface area contributed by atoms with E-state index in [0.717, 1.165) is 6.07 Å². The molecule has 0 spiro atoms. The van der Waals surface area contributed by atoms with Crippen molar-refractivity contribution < 1.29 is 28.1 Å². The molecule has 2 aromatic rings. The molecule has 0 aliphatic carbocycles. The molecule has 3 rings (SSSR count). The smallest absolute Gasteiger partial charge is 0.339 e. The largest absolute Gasteiger partial charge is 0.379 e. The quantitative estimate of drug-likeness (QED) is 0.209. The Labute approximate surface area is 188 Å². The Kier molecular flexibility index (Phi) is 6.74. The molecule has 0 unspecified atom stereocenters. The van der Waals surface area contributed by atoms with Gasteiger partial charge in [0.05, 0.1) is 22.9 Å². The summed E-state index contributed by atoms with van der Waals surface area (Å²) in [6.07, 6.45) is 1.66. The Bertz CT molecular complexity index is 1190. The number of carbonyl (C=O) groups is 1. The minimum Gasteiger partial charge on any atom is -0.379 e. The van der Waals surface area contributed by atoms with Crippen molar-refractivity contribution in [3.05, 3.63) is 68.6 Å². The number of carbonyl (C=O) groups excluding carboxylic acids is 1. The molecule has 1 aliphatic heterocycles. The van der Waals surface area contributed by atoms with Gasteiger partial charge < -0.3 is 9.92 Å². The fraction of sp³-hybridized carbons (Fsp3) is 0.158. The van der Waals surface area contributed by atoms with Gasteiger partial charge in [-0.15, -0.1) is 0 Å². The van der Waals surface area contributed by atoms with Gasteiger partial charge in [-0.3, -0.25) is 19.8 Å². The highest BCUT2D eigenvalue weighted by molar-refractivity contribution is 8.26. The number of hydrogen-bond donors (Lipinski definition) is 1. The van der Waals surface area contributed by atoms with E-state index in [1.165, 1.54) is 47.9 Å². The first-order valence-corrected chi connectivity index (χ1v) is 11.6. The highest BCUT2D eigenvalue weighted by atomic mass is 32.2. The van der Waals surface area contributed by atoms with Gasteiger partial charge in [0.2, 0.25) is 0 Å². The predicted octanol–water partition coefficient (Wildman–Crippen LogP) is 2.11. The van der Waals surface area contributed by atoms with Gasteiger partial charge in [0.15, 0.2) is 0 Å². The van der Waals surface area contributed by atoms with Crippen LogP contribution in [0.5, 0.6) is 5.75 Å². The molecule has 31 heavy (non-hydrogen) atoms. The zero-order valence-corrected chi connectivity index (χ0v) is 18.8. The van der Waals surface area contributed by atoms with Crippen LogP contribution in [0.15, 0.2) is 52.3 Å². The summed E-state index contributed by atoms with van der Waals surface area (Å²) in [4.78, 5) is 24.4. The molecule has 1 heterocycles. The lowest BCUT2D eigenvalue weighted by Crippen LogP contribution is -2.55. The van der Waals surface area contributed by atoms with Crippen LogP contribution in [0.4, 0.5) is 5.69 Å². The van der Waals surface area contributed by atoms with Crippen molar-refractivity contribution in [2.75, 3.05) is 13.1 Å². The van der Waals surface area contributed by atoms with Crippen molar-refractivity contribution >= 4 is 56.1 Å². The Balaban J connectivity index is 1.80. The number of nitrogens with zero attached hydrogens (tertiary/aromatic N) is 2. The molecule has 0 saturated carbocycles. The number of nitro groups is 1. The summed E-state index contributed by atoms with van der Waals surface area (Å²) in [6, 6.07) is 9.61. The average Bonchev–Trinajstić information content (AvgIpc) is 2.97. The lowest BCUT2D eigenvalue weighted by molar-refractivity contribution is -0.385. The van der Waals surface area contributed by atoms with E-state index in [0.29, 0.717) is 33.4 Å². The van der Waals surface area contributed by atoms with Crippen LogP contribution >= 0.6 is 24.0 Å². The van der Waals surface area contributed by atoms with Gasteiger partial charge in [-0.05, 0) is 36.3 Å². The third-order valence-corrected chi connectivity index (χ3v) is 7.06. The van der Waals surface area contributed by atoms with E-state index in [4.69, 9.17) is 16.4 Å². The number of nitro benzene ring substituents is 1. The lowest BCUT2D eigenvalue weighted by Gasteiger charge is -2.10. The number of non-ortho nitro benzene ring substituents is 1. The maximum atomic E-state index is 12.6. The second-order valence-corrected chi connectivity index (χ2v) is 9.69. The zero-order chi connectivity index (χ0) is 22.8. The van der Waals surface area contributed by atoms with Gasteiger partial charge in [0.25, 0.3) is 11.6 Å². The highest BCUT2D eigenvalue weighted by Crippen LogP contribution is 2.32. The van der Waals surface area contributed by atoms with E-state index in [2.05, 4.69) is 5.73 Å². The van der Waals surface area contributed by atoms with Crippen molar-refractivity contribution in [1.29, 1.82) is 0 Å². The lowest BCUT2D eigenvalue weighted by atomic mass is 10.2. The highest BCUT2D eigenvalue weighted by Gasteiger charge is 2.31. The van der Waals surface area contributed by atoms with E-state index in [1.54, 1.807) is 18.2 Å². The summed E-state index contributed by atoms with van der Waals surface area (Å²) in [6.45, 7) is 2.52. The summed E-state index contributed by atoms with van der Waals surface area (Å²) < 4.78 is 30.8. The topological polar surface area (TPSA) is 134 Å². The maximum Gasteiger partial charge on any atom is 0.339 e. The summed E-state index contributed by atoms with van der Waals surface area (Å²) in [5.74, 6) is -0.157. The first-order valence-electron chi connectivity index (χ1n) is 8.96. The second kappa shape index (κ2) is 9.14. The minimum absolute atomic E-state index is 0.0349. The van der Waals surface area contributed by atoms with Crippen LogP contribution in [0.1, 0.15) is 11.1 Å². The van der Waals surface area contributed by atoms with Gasteiger partial charge in [-0.1, -0.05) is 42.2 Å². The van der Waals surface area contributed by atoms with E-state index in [9.17, 15) is 23.3 Å². The van der Waals surface area contributed by atoms with E-state index in [-0.39, 0.29) is 22.2 Å². The Hall–Kier alpha value is -2.80. The molecule has 0 aromatic heterocycles. The molecule has 1 fully saturated rings. The molecule has 9 nitrogen and oxygen atoms in total. The van der Waals surface area contributed by atoms with Crippen LogP contribution in [-0.4, -0.2) is 41.6 Å². The van der Waals surface area contributed by atoms with Crippen LogP contribution in [0, 0.1) is 17.0 Å². The van der Waals surface area contributed by atoms with Crippen molar-refractivity contribution in [1.82, 2.24) is 4.90 Å². The maximum absolute atomic E-state index is 12.6. The second-order valence-electron chi connectivity index (χ2n) is 6.50. The monoisotopic (exact) mass is 480 g/mol. The van der Waals surface area contributed by atoms with Gasteiger partial charge in [-0.2, -0.15) is 8.42 Å². The molecule has 1 aliphatic rings. The molecule has 2 aromatic carbocycles. The molecule has 0 bridgehead atoms. The molecule has 0 atom stereocenters. The van der Waals surface area contributed by atoms with Crippen LogP contribution in [-0.2, 0) is 14.9 Å². The molecule has 162 valence electrons. The van der Waals surface area contributed by atoms with E-state index in [1.807, 2.05) is 0 Å². The number of quaternary nitrogens is 1. The van der Waals surface area contributed by atoms with Gasteiger partial charge in [0, 0.05) is 12.1 Å². The number of amides is 1. The molecule has 0 radical (unpaired) electrons. The normalized spacial score (nSPS) is 15.5. The first kappa shape index (κ1) is 22.9. The Morgan fingerprint density at radius 1 is 1.26 bits per heavy atom. The van der Waals surface area contributed by atoms with Crippen molar-refractivity contribution in [3.8, 4) is 5.75 Å². The summed E-state index contributed by atoms with van der Waals surface area (Å²) in [5.41, 5.74) is 4.36. The van der Waals surface area contributed by atoms with E-state index >= 15 is 0 Å². The summed E-state index contributed by atoms with van der Waals surface area (Å²) in [7, 11) is -4.27.